The molecule has 2 fully saturated rings. The molecule has 2 aliphatic rings. The van der Waals surface area contributed by atoms with Crippen LogP contribution in [0.25, 0.3) is 0 Å². The second kappa shape index (κ2) is 6.14. The molecule has 1 aromatic rings. The van der Waals surface area contributed by atoms with Crippen LogP contribution in [0.3, 0.4) is 0 Å². The Labute approximate surface area is 136 Å². The van der Waals surface area contributed by atoms with Gasteiger partial charge in [0, 0.05) is 21.9 Å². The first-order valence-corrected chi connectivity index (χ1v) is 9.51. The monoisotopic (exact) mass is 406 g/mol. The molecule has 1 saturated carbocycles. The fourth-order valence-corrected chi connectivity index (χ4v) is 6.00. The number of halogens is 2. The van der Waals surface area contributed by atoms with E-state index in [0.29, 0.717) is 6.04 Å². The average molecular weight is 408 g/mol. The Kier molecular flexibility index (Phi) is 4.69. The van der Waals surface area contributed by atoms with E-state index >= 15 is 0 Å². The van der Waals surface area contributed by atoms with Gasteiger partial charge in [0.25, 0.3) is 0 Å². The van der Waals surface area contributed by atoms with Gasteiger partial charge >= 0.3 is 0 Å². The zero-order chi connectivity index (χ0) is 13.4. The Morgan fingerprint density at radius 1 is 1.32 bits per heavy atom. The van der Waals surface area contributed by atoms with Gasteiger partial charge in [-0.15, -0.1) is 11.3 Å². The molecular formula is C14H20Br2N2S. The molecule has 3 unspecified atom stereocenters. The Morgan fingerprint density at radius 3 is 2.79 bits per heavy atom. The van der Waals surface area contributed by atoms with Gasteiger partial charge in [-0.25, -0.2) is 0 Å². The Balaban J connectivity index is 1.82. The summed E-state index contributed by atoms with van der Waals surface area (Å²) in [4.78, 5) is 4.08. The number of hydrogen-bond donors (Lipinski definition) is 1. The molecule has 5 heteroatoms. The first kappa shape index (κ1) is 14.5. The standard InChI is InChI=1S/C14H20Br2N2S/c15-10-7-13(19-14(10)16)12(8-17)18-6-5-9-3-1-2-4-11(9)18/h7,9,11-12H,1-6,8,17H2. The summed E-state index contributed by atoms with van der Waals surface area (Å²) in [6.07, 6.45) is 6.99. The summed E-state index contributed by atoms with van der Waals surface area (Å²) < 4.78 is 2.34. The van der Waals surface area contributed by atoms with Crippen LogP contribution in [-0.4, -0.2) is 24.0 Å². The molecule has 1 aliphatic carbocycles. The lowest BCUT2D eigenvalue weighted by atomic mass is 9.85. The van der Waals surface area contributed by atoms with Crippen molar-refractivity contribution >= 4 is 43.2 Å². The van der Waals surface area contributed by atoms with E-state index in [1.807, 2.05) is 11.3 Å². The minimum absolute atomic E-state index is 0.403. The van der Waals surface area contributed by atoms with Crippen LogP contribution in [0.1, 0.15) is 43.0 Å². The Morgan fingerprint density at radius 2 is 2.11 bits per heavy atom. The van der Waals surface area contributed by atoms with E-state index < -0.39 is 0 Å². The molecule has 0 radical (unpaired) electrons. The first-order valence-electron chi connectivity index (χ1n) is 7.11. The summed E-state index contributed by atoms with van der Waals surface area (Å²) in [7, 11) is 0. The summed E-state index contributed by atoms with van der Waals surface area (Å²) in [5, 5.41) is 0. The molecule has 1 saturated heterocycles. The van der Waals surface area contributed by atoms with Crippen molar-refractivity contribution in [3.8, 4) is 0 Å². The van der Waals surface area contributed by atoms with E-state index in [0.717, 1.165) is 23.0 Å². The summed E-state index contributed by atoms with van der Waals surface area (Å²) >= 11 is 9.02. The van der Waals surface area contributed by atoms with Crippen LogP contribution in [0.5, 0.6) is 0 Å². The highest BCUT2D eigenvalue weighted by Crippen LogP contribution is 2.43. The minimum Gasteiger partial charge on any atom is -0.329 e. The van der Waals surface area contributed by atoms with E-state index in [-0.39, 0.29) is 0 Å². The molecule has 0 bridgehead atoms. The van der Waals surface area contributed by atoms with E-state index in [1.54, 1.807) is 0 Å². The quantitative estimate of drug-likeness (QED) is 0.796. The number of rotatable bonds is 3. The van der Waals surface area contributed by atoms with Crippen LogP contribution in [0.15, 0.2) is 14.3 Å². The van der Waals surface area contributed by atoms with Crippen molar-refractivity contribution in [2.45, 2.75) is 44.2 Å². The van der Waals surface area contributed by atoms with Crippen LogP contribution in [0, 0.1) is 5.92 Å². The highest BCUT2D eigenvalue weighted by atomic mass is 79.9. The van der Waals surface area contributed by atoms with Crippen molar-refractivity contribution in [1.82, 2.24) is 4.90 Å². The van der Waals surface area contributed by atoms with Crippen molar-refractivity contribution in [3.05, 3.63) is 19.2 Å². The lowest BCUT2D eigenvalue weighted by Gasteiger charge is -2.36. The van der Waals surface area contributed by atoms with Gasteiger partial charge in [0.1, 0.15) is 0 Å². The van der Waals surface area contributed by atoms with Crippen molar-refractivity contribution in [1.29, 1.82) is 0 Å². The third-order valence-corrected chi connectivity index (χ3v) is 8.03. The van der Waals surface area contributed by atoms with Crippen LogP contribution in [0.2, 0.25) is 0 Å². The number of hydrogen-bond acceptors (Lipinski definition) is 3. The smallest absolute Gasteiger partial charge is 0.0843 e. The SMILES string of the molecule is NCC(c1cc(Br)c(Br)s1)N1CCC2CCCCC21. The van der Waals surface area contributed by atoms with Gasteiger partial charge in [-0.05, 0) is 69.7 Å². The van der Waals surface area contributed by atoms with Crippen LogP contribution in [-0.2, 0) is 0 Å². The van der Waals surface area contributed by atoms with Crippen LogP contribution >= 0.6 is 43.2 Å². The second-order valence-electron chi connectivity index (χ2n) is 5.66. The number of fused-ring (bicyclic) bond motifs is 1. The number of nitrogens with two attached hydrogens (primary N) is 1. The molecule has 19 heavy (non-hydrogen) atoms. The molecule has 1 aliphatic heterocycles. The maximum Gasteiger partial charge on any atom is 0.0843 e. The molecule has 0 amide bonds. The molecule has 2 N–H and O–H groups in total. The lowest BCUT2D eigenvalue weighted by molar-refractivity contribution is 0.137. The number of nitrogens with zero attached hydrogens (tertiary/aromatic N) is 1. The molecule has 1 aromatic heterocycles. The van der Waals surface area contributed by atoms with Gasteiger partial charge in [-0.3, -0.25) is 4.90 Å². The van der Waals surface area contributed by atoms with Gasteiger partial charge in [0.05, 0.1) is 9.83 Å². The van der Waals surface area contributed by atoms with E-state index in [9.17, 15) is 0 Å². The number of likely N-dealkylation sites (tertiary alicyclic amines) is 1. The van der Waals surface area contributed by atoms with Crippen molar-refractivity contribution in [2.24, 2.45) is 11.7 Å². The van der Waals surface area contributed by atoms with Gasteiger partial charge in [0.15, 0.2) is 0 Å². The van der Waals surface area contributed by atoms with Gasteiger partial charge < -0.3 is 5.73 Å². The Bertz CT molecular complexity index is 429. The summed E-state index contributed by atoms with van der Waals surface area (Å²) in [6.45, 7) is 1.95. The van der Waals surface area contributed by atoms with Gasteiger partial charge in [0.2, 0.25) is 0 Å². The molecule has 106 valence electrons. The molecular weight excluding hydrogens is 388 g/mol. The fourth-order valence-electron chi connectivity index (χ4n) is 3.77. The minimum atomic E-state index is 0.403. The van der Waals surface area contributed by atoms with Crippen molar-refractivity contribution in [2.75, 3.05) is 13.1 Å². The molecule has 2 nitrogen and oxygen atoms in total. The predicted molar refractivity (Wildman–Crippen MR) is 88.6 cm³/mol. The maximum absolute atomic E-state index is 6.10. The molecule has 0 aromatic carbocycles. The summed E-state index contributed by atoms with van der Waals surface area (Å²) in [5.41, 5.74) is 6.10. The zero-order valence-electron chi connectivity index (χ0n) is 10.9. The van der Waals surface area contributed by atoms with Crippen LogP contribution in [0.4, 0.5) is 0 Å². The summed E-state index contributed by atoms with van der Waals surface area (Å²) in [5.74, 6) is 0.926. The van der Waals surface area contributed by atoms with E-state index in [4.69, 9.17) is 5.73 Å². The maximum atomic E-state index is 6.10. The second-order valence-corrected chi connectivity index (χ2v) is 8.92. The predicted octanol–water partition coefficient (Wildman–Crippen LogP) is 4.54. The molecule has 2 heterocycles. The fraction of sp³-hybridized carbons (Fsp3) is 0.714. The Hall–Kier alpha value is 0.580. The van der Waals surface area contributed by atoms with Crippen molar-refractivity contribution < 1.29 is 0 Å². The highest BCUT2D eigenvalue weighted by Gasteiger charge is 2.39. The molecule has 0 spiro atoms. The largest absolute Gasteiger partial charge is 0.329 e. The highest BCUT2D eigenvalue weighted by molar-refractivity contribution is 9.13. The topological polar surface area (TPSA) is 29.3 Å². The van der Waals surface area contributed by atoms with E-state index in [1.165, 1.54) is 47.3 Å². The van der Waals surface area contributed by atoms with E-state index in [2.05, 4.69) is 42.8 Å². The molecule has 3 rings (SSSR count). The first-order chi connectivity index (χ1) is 9.20. The average Bonchev–Trinajstić information content (AvgIpc) is 2.97. The molecule has 3 atom stereocenters. The zero-order valence-corrected chi connectivity index (χ0v) is 14.9. The normalized spacial score (nSPS) is 29.4. The summed E-state index contributed by atoms with van der Waals surface area (Å²) in [6, 6.07) is 3.42. The third-order valence-electron chi connectivity index (χ3n) is 4.67. The third kappa shape index (κ3) is 2.82. The van der Waals surface area contributed by atoms with Gasteiger partial charge in [-0.2, -0.15) is 0 Å². The number of thiophene rings is 1. The van der Waals surface area contributed by atoms with Crippen molar-refractivity contribution in [3.63, 3.8) is 0 Å². The van der Waals surface area contributed by atoms with Crippen LogP contribution < -0.4 is 5.73 Å². The lowest BCUT2D eigenvalue weighted by Crippen LogP contribution is -2.40. The van der Waals surface area contributed by atoms with Gasteiger partial charge in [-0.1, -0.05) is 12.8 Å².